The number of rotatable bonds is 10. The topological polar surface area (TPSA) is 102 Å². The van der Waals surface area contributed by atoms with Crippen LogP contribution in [0.4, 0.5) is 0 Å². The molecule has 0 unspecified atom stereocenters. The summed E-state index contributed by atoms with van der Waals surface area (Å²) < 4.78 is 11.7. The van der Waals surface area contributed by atoms with Crippen molar-refractivity contribution in [3.05, 3.63) is 358 Å². The van der Waals surface area contributed by atoms with Crippen molar-refractivity contribution in [1.29, 1.82) is 0 Å². The molecule has 0 bridgehead atoms. The SMILES string of the molecule is c1ccc(-c2nc(-c3cccc(-c4ccc5c(c4)c4ccccc4n5-c4ccc5c(c4)c4cc(-n6c7ccccc7c7ccccc76)ccc4n5-c4nc(-c5cccc6ccccc56)nc(-c5cccc6ccccc56)n4)c3)nc(-n3c4ccccc4c4ccc5c6ccccc6n(-c6ccccc6)c5c43)n2)cc1. The smallest absolute Gasteiger partial charge is 0.238 e. The molecule has 11 heteroatoms. The van der Waals surface area contributed by atoms with E-state index in [2.05, 4.69) is 363 Å². The second kappa shape index (κ2) is 23.8. The minimum absolute atomic E-state index is 0.521. The van der Waals surface area contributed by atoms with E-state index in [1.807, 2.05) is 18.2 Å². The van der Waals surface area contributed by atoms with Crippen LogP contribution in [0.1, 0.15) is 0 Å². The molecule has 0 N–H and O–H groups in total. The highest BCUT2D eigenvalue weighted by molar-refractivity contribution is 6.24. The number of para-hydroxylation sites is 6. The van der Waals surface area contributed by atoms with E-state index in [0.717, 1.165) is 165 Å². The molecule has 0 spiro atoms. The van der Waals surface area contributed by atoms with E-state index in [-0.39, 0.29) is 0 Å². The molecule has 506 valence electrons. The van der Waals surface area contributed by atoms with Gasteiger partial charge < -0.3 is 13.7 Å². The van der Waals surface area contributed by atoms with Crippen molar-refractivity contribution in [2.45, 2.75) is 0 Å². The summed E-state index contributed by atoms with van der Waals surface area (Å²) in [4.78, 5) is 32.9. The van der Waals surface area contributed by atoms with Crippen LogP contribution < -0.4 is 0 Å². The Kier molecular flexibility index (Phi) is 13.2. The summed E-state index contributed by atoms with van der Waals surface area (Å²) in [5.74, 6) is 3.38. The Morgan fingerprint density at radius 3 is 1.07 bits per heavy atom. The maximum Gasteiger partial charge on any atom is 0.238 e. The van der Waals surface area contributed by atoms with Gasteiger partial charge in [-0.05, 0) is 130 Å². The van der Waals surface area contributed by atoms with Crippen LogP contribution in [0, 0.1) is 0 Å². The Hall–Kier alpha value is -14.9. The molecule has 0 saturated heterocycles. The third-order valence-electron chi connectivity index (χ3n) is 22.2. The minimum Gasteiger partial charge on any atom is -0.309 e. The largest absolute Gasteiger partial charge is 0.309 e. The molecule has 0 amide bonds. The van der Waals surface area contributed by atoms with Gasteiger partial charge in [0.15, 0.2) is 23.3 Å². The lowest BCUT2D eigenvalue weighted by atomic mass is 10.0. The first-order chi connectivity index (χ1) is 54.1. The van der Waals surface area contributed by atoms with E-state index < -0.39 is 0 Å². The second-order valence-electron chi connectivity index (χ2n) is 28.2. The van der Waals surface area contributed by atoms with Crippen molar-refractivity contribution >= 4 is 131 Å². The van der Waals surface area contributed by atoms with Crippen LogP contribution in [-0.4, -0.2) is 52.7 Å². The van der Waals surface area contributed by atoms with Gasteiger partial charge >= 0.3 is 0 Å². The van der Waals surface area contributed by atoms with E-state index in [4.69, 9.17) is 29.9 Å². The molecular formula is C98H59N11. The van der Waals surface area contributed by atoms with E-state index in [1.54, 1.807) is 0 Å². The van der Waals surface area contributed by atoms with Crippen molar-refractivity contribution in [3.8, 4) is 85.6 Å². The fourth-order valence-corrected chi connectivity index (χ4v) is 17.4. The van der Waals surface area contributed by atoms with E-state index in [0.29, 0.717) is 35.2 Å². The quantitative estimate of drug-likeness (QED) is 0.135. The summed E-state index contributed by atoms with van der Waals surface area (Å²) in [7, 11) is 0. The first kappa shape index (κ1) is 60.5. The highest BCUT2D eigenvalue weighted by atomic mass is 15.2. The lowest BCUT2D eigenvalue weighted by molar-refractivity contribution is 0.953. The van der Waals surface area contributed by atoms with E-state index in [1.165, 1.54) is 16.2 Å². The van der Waals surface area contributed by atoms with E-state index >= 15 is 0 Å². The minimum atomic E-state index is 0.521. The van der Waals surface area contributed by atoms with E-state index in [9.17, 15) is 0 Å². The number of hydrogen-bond acceptors (Lipinski definition) is 6. The lowest BCUT2D eigenvalue weighted by Gasteiger charge is -2.14. The van der Waals surface area contributed by atoms with Gasteiger partial charge in [0.1, 0.15) is 0 Å². The summed E-state index contributed by atoms with van der Waals surface area (Å²) >= 11 is 0. The van der Waals surface area contributed by atoms with Crippen LogP contribution in [0.15, 0.2) is 358 Å². The van der Waals surface area contributed by atoms with Crippen LogP contribution in [0.3, 0.4) is 0 Å². The van der Waals surface area contributed by atoms with Crippen molar-refractivity contribution in [2.24, 2.45) is 0 Å². The molecule has 0 atom stereocenters. The molecule has 0 aliphatic heterocycles. The van der Waals surface area contributed by atoms with Crippen LogP contribution in [-0.2, 0) is 0 Å². The predicted octanol–water partition coefficient (Wildman–Crippen LogP) is 24.2. The normalized spacial score (nSPS) is 12.0. The first-order valence-electron chi connectivity index (χ1n) is 36.8. The van der Waals surface area contributed by atoms with Gasteiger partial charge in [-0.15, -0.1) is 0 Å². The van der Waals surface area contributed by atoms with Gasteiger partial charge in [-0.1, -0.05) is 261 Å². The van der Waals surface area contributed by atoms with Crippen LogP contribution in [0.2, 0.25) is 0 Å². The molecule has 0 radical (unpaired) electrons. The molecule has 0 aliphatic carbocycles. The zero-order valence-corrected chi connectivity index (χ0v) is 58.5. The number of benzene rings is 16. The molecule has 23 aromatic rings. The zero-order valence-electron chi connectivity index (χ0n) is 58.5. The average Bonchev–Trinajstić information content (AvgIpc) is 1.55. The third-order valence-corrected chi connectivity index (χ3v) is 22.2. The third kappa shape index (κ3) is 9.30. The molecule has 7 aromatic heterocycles. The second-order valence-corrected chi connectivity index (χ2v) is 28.2. The Balaban J connectivity index is 0.704. The van der Waals surface area contributed by atoms with Crippen molar-refractivity contribution in [1.82, 2.24) is 52.7 Å². The standard InChI is InChI=1S/C98H59N11/c1-3-26-62(27-4-1)93-99-94(102-98(101-93)109-87-47-20-14-39-74(87)77-52-51-76-73-38-13-19-46-86(73)107(91(76)92(77)109)66-32-5-2-6-33-66)65-31-21-30-63(56-65)64-48-53-88-80(57-64)75-40-15-18-45-85(75)106(88)68-50-55-90-82(59-68)81-58-67(105-83-43-16-11-36-71(83)72-37-12-17-44-84(72)105)49-54-89(81)108(90)97-103-95(78-41-22-28-60-24-7-9-34-69(60)78)100-96(104-97)79-42-23-29-61-25-8-10-35-70(61)79/h1-59H. The van der Waals surface area contributed by atoms with Crippen molar-refractivity contribution < 1.29 is 0 Å². The van der Waals surface area contributed by atoms with Gasteiger partial charge in [0.25, 0.3) is 0 Å². The van der Waals surface area contributed by atoms with Crippen LogP contribution in [0.5, 0.6) is 0 Å². The van der Waals surface area contributed by atoms with Crippen molar-refractivity contribution in [2.75, 3.05) is 0 Å². The molecule has 0 saturated carbocycles. The van der Waals surface area contributed by atoms with Crippen LogP contribution in [0.25, 0.3) is 216 Å². The average molecular weight is 1390 g/mol. The maximum atomic E-state index is 5.57. The molecule has 109 heavy (non-hydrogen) atoms. The molecule has 16 aromatic carbocycles. The highest BCUT2D eigenvalue weighted by Crippen LogP contribution is 2.45. The summed E-state index contributed by atoms with van der Waals surface area (Å²) in [6, 6.07) is 128. The zero-order chi connectivity index (χ0) is 71.4. The lowest BCUT2D eigenvalue weighted by Crippen LogP contribution is -2.07. The Morgan fingerprint density at radius 2 is 0.514 bits per heavy atom. The van der Waals surface area contributed by atoms with Gasteiger partial charge in [0, 0.05) is 93.2 Å². The Labute approximate surface area is 623 Å². The predicted molar refractivity (Wildman–Crippen MR) is 447 cm³/mol. The first-order valence-corrected chi connectivity index (χ1v) is 36.8. The molecule has 0 aliphatic rings. The summed E-state index contributed by atoms with van der Waals surface area (Å²) in [5.41, 5.74) is 19.4. The molecule has 0 fully saturated rings. The molecule has 7 heterocycles. The molecule has 11 nitrogen and oxygen atoms in total. The van der Waals surface area contributed by atoms with Crippen molar-refractivity contribution in [3.63, 3.8) is 0 Å². The number of aromatic nitrogens is 11. The highest BCUT2D eigenvalue weighted by Gasteiger charge is 2.27. The summed E-state index contributed by atoms with van der Waals surface area (Å²) in [6.07, 6.45) is 0. The summed E-state index contributed by atoms with van der Waals surface area (Å²) in [6.45, 7) is 0. The molecular weight excluding hydrogens is 1330 g/mol. The number of nitrogens with zero attached hydrogens (tertiary/aromatic N) is 11. The van der Waals surface area contributed by atoms with Gasteiger partial charge in [0.2, 0.25) is 11.9 Å². The summed E-state index contributed by atoms with van der Waals surface area (Å²) in [5, 5.41) is 15.7. The van der Waals surface area contributed by atoms with Gasteiger partial charge in [-0.25, -0.2) is 9.97 Å². The van der Waals surface area contributed by atoms with Gasteiger partial charge in [-0.2, -0.15) is 19.9 Å². The number of fused-ring (bicyclic) bond motifs is 18. The fraction of sp³-hybridized carbons (Fsp3) is 0. The fourth-order valence-electron chi connectivity index (χ4n) is 17.4. The Morgan fingerprint density at radius 1 is 0.165 bits per heavy atom. The Bertz CT molecular complexity index is 7590. The molecule has 23 rings (SSSR count). The van der Waals surface area contributed by atoms with Gasteiger partial charge in [0.05, 0.1) is 55.2 Å². The monoisotopic (exact) mass is 1390 g/mol. The van der Waals surface area contributed by atoms with Crippen LogP contribution >= 0.6 is 0 Å². The number of hydrogen-bond donors (Lipinski definition) is 0. The maximum absolute atomic E-state index is 5.57. The van der Waals surface area contributed by atoms with Gasteiger partial charge in [-0.3, -0.25) is 9.13 Å².